The van der Waals surface area contributed by atoms with E-state index in [2.05, 4.69) is 10.2 Å². The summed E-state index contributed by atoms with van der Waals surface area (Å²) in [5.74, 6) is -0.0587. The number of carbonyl (C=O) groups excluding carboxylic acids is 3. The van der Waals surface area contributed by atoms with Gasteiger partial charge in [0.25, 0.3) is 5.91 Å². The highest BCUT2D eigenvalue weighted by atomic mass is 16.5. The summed E-state index contributed by atoms with van der Waals surface area (Å²) in [5.41, 5.74) is 0.258. The van der Waals surface area contributed by atoms with Crippen molar-refractivity contribution in [2.24, 2.45) is 0 Å². The number of benzene rings is 1. The standard InChI is InChI=1S/C23H32N4O4/c1-2-21(29)25-12-10-23(11-13-25)22(30)26(17-27(23)18-7-4-3-5-8-18)16-20(28)24-15-19-9-6-14-31-19/h3-5,7-8,19H,2,6,9-17H2,1H3,(H,24,28). The van der Waals surface area contributed by atoms with E-state index in [1.54, 1.807) is 4.90 Å². The number of likely N-dealkylation sites (tertiary alicyclic amines) is 1. The van der Waals surface area contributed by atoms with Crippen molar-refractivity contribution in [3.8, 4) is 0 Å². The Hall–Kier alpha value is -2.61. The number of piperidine rings is 1. The summed E-state index contributed by atoms with van der Waals surface area (Å²) < 4.78 is 5.56. The molecule has 1 atom stereocenters. The monoisotopic (exact) mass is 428 g/mol. The van der Waals surface area contributed by atoms with E-state index in [1.165, 1.54) is 0 Å². The smallest absolute Gasteiger partial charge is 0.250 e. The van der Waals surface area contributed by atoms with Gasteiger partial charge in [0.15, 0.2) is 0 Å². The van der Waals surface area contributed by atoms with E-state index in [0.29, 0.717) is 45.6 Å². The van der Waals surface area contributed by atoms with E-state index >= 15 is 0 Å². The van der Waals surface area contributed by atoms with Gasteiger partial charge >= 0.3 is 0 Å². The number of para-hydroxylation sites is 1. The van der Waals surface area contributed by atoms with Crippen LogP contribution in [0.5, 0.6) is 0 Å². The average Bonchev–Trinajstić information content (AvgIpc) is 3.41. The topological polar surface area (TPSA) is 82.2 Å². The van der Waals surface area contributed by atoms with E-state index in [9.17, 15) is 14.4 Å². The normalized spacial score (nSPS) is 22.9. The van der Waals surface area contributed by atoms with Crippen LogP contribution in [0, 0.1) is 0 Å². The van der Waals surface area contributed by atoms with Crippen molar-refractivity contribution in [2.75, 3.05) is 44.4 Å². The average molecular weight is 429 g/mol. The Labute approximate surface area is 183 Å². The maximum Gasteiger partial charge on any atom is 0.250 e. The van der Waals surface area contributed by atoms with Crippen molar-refractivity contribution in [1.29, 1.82) is 0 Å². The van der Waals surface area contributed by atoms with Gasteiger partial charge in [-0.3, -0.25) is 14.4 Å². The lowest BCUT2D eigenvalue weighted by atomic mass is 9.85. The Kier molecular flexibility index (Phi) is 6.46. The molecule has 8 nitrogen and oxygen atoms in total. The van der Waals surface area contributed by atoms with Gasteiger partial charge in [0.1, 0.15) is 12.1 Å². The Morgan fingerprint density at radius 1 is 1.19 bits per heavy atom. The van der Waals surface area contributed by atoms with Crippen LogP contribution < -0.4 is 10.2 Å². The number of nitrogens with one attached hydrogen (secondary N) is 1. The van der Waals surface area contributed by atoms with Crippen molar-refractivity contribution in [2.45, 2.75) is 50.7 Å². The molecule has 0 bridgehead atoms. The molecule has 3 amide bonds. The van der Waals surface area contributed by atoms with E-state index in [1.807, 2.05) is 42.2 Å². The third kappa shape index (κ3) is 4.39. The number of ether oxygens (including phenoxy) is 1. The number of hydrogen-bond donors (Lipinski definition) is 1. The molecular weight excluding hydrogens is 396 g/mol. The predicted octanol–water partition coefficient (Wildman–Crippen LogP) is 1.36. The minimum Gasteiger partial charge on any atom is -0.376 e. The van der Waals surface area contributed by atoms with Crippen LogP contribution >= 0.6 is 0 Å². The van der Waals surface area contributed by atoms with Gasteiger partial charge in [-0.1, -0.05) is 25.1 Å². The molecule has 3 aliphatic rings. The molecule has 1 aromatic rings. The lowest BCUT2D eigenvalue weighted by Crippen LogP contribution is -2.57. The molecule has 0 aliphatic carbocycles. The molecule has 3 saturated heterocycles. The van der Waals surface area contributed by atoms with Gasteiger partial charge < -0.3 is 24.8 Å². The molecule has 8 heteroatoms. The molecule has 1 aromatic carbocycles. The lowest BCUT2D eigenvalue weighted by Gasteiger charge is -2.43. The first-order valence-electron chi connectivity index (χ1n) is 11.3. The summed E-state index contributed by atoms with van der Waals surface area (Å²) in [6, 6.07) is 9.87. The van der Waals surface area contributed by atoms with Gasteiger partial charge in [-0.15, -0.1) is 0 Å². The maximum atomic E-state index is 13.6. The first kappa shape index (κ1) is 21.6. The van der Waals surface area contributed by atoms with Crippen molar-refractivity contribution in [3.63, 3.8) is 0 Å². The number of hydrogen-bond acceptors (Lipinski definition) is 5. The highest BCUT2D eigenvalue weighted by molar-refractivity contribution is 5.96. The molecule has 3 heterocycles. The highest BCUT2D eigenvalue weighted by Gasteiger charge is 2.54. The molecule has 3 aliphatic heterocycles. The molecule has 1 N–H and O–H groups in total. The summed E-state index contributed by atoms with van der Waals surface area (Å²) in [4.78, 5) is 43.9. The fraction of sp³-hybridized carbons (Fsp3) is 0.609. The summed E-state index contributed by atoms with van der Waals surface area (Å²) >= 11 is 0. The van der Waals surface area contributed by atoms with Crippen molar-refractivity contribution < 1.29 is 19.1 Å². The molecule has 0 saturated carbocycles. The molecule has 4 rings (SSSR count). The van der Waals surface area contributed by atoms with Crippen LogP contribution in [0.25, 0.3) is 0 Å². The van der Waals surface area contributed by atoms with Gasteiger partial charge in [0.2, 0.25) is 11.8 Å². The first-order chi connectivity index (χ1) is 15.0. The molecule has 168 valence electrons. The molecule has 0 aromatic heterocycles. The molecular formula is C23H32N4O4. The second-order valence-electron chi connectivity index (χ2n) is 8.61. The largest absolute Gasteiger partial charge is 0.376 e. The molecule has 0 radical (unpaired) electrons. The zero-order chi connectivity index (χ0) is 21.8. The number of carbonyl (C=O) groups is 3. The number of amides is 3. The van der Waals surface area contributed by atoms with Gasteiger partial charge in [-0.2, -0.15) is 0 Å². The summed E-state index contributed by atoms with van der Waals surface area (Å²) in [6.45, 7) is 4.62. The van der Waals surface area contributed by atoms with Crippen LogP contribution in [0.4, 0.5) is 5.69 Å². The highest BCUT2D eigenvalue weighted by Crippen LogP contribution is 2.39. The molecule has 1 spiro atoms. The van der Waals surface area contributed by atoms with Crippen LogP contribution in [-0.4, -0.2) is 78.6 Å². The Morgan fingerprint density at radius 2 is 1.94 bits per heavy atom. The quantitative estimate of drug-likeness (QED) is 0.740. The van der Waals surface area contributed by atoms with E-state index in [0.717, 1.165) is 25.1 Å². The van der Waals surface area contributed by atoms with Crippen molar-refractivity contribution >= 4 is 23.4 Å². The Bertz CT molecular complexity index is 801. The second-order valence-corrected chi connectivity index (χ2v) is 8.61. The van der Waals surface area contributed by atoms with Gasteiger partial charge in [-0.05, 0) is 37.8 Å². The zero-order valence-electron chi connectivity index (χ0n) is 18.2. The van der Waals surface area contributed by atoms with Crippen LogP contribution in [-0.2, 0) is 19.1 Å². The van der Waals surface area contributed by atoms with Crippen molar-refractivity contribution in [3.05, 3.63) is 30.3 Å². The first-order valence-corrected chi connectivity index (χ1v) is 11.3. The number of anilines is 1. The van der Waals surface area contributed by atoms with Crippen LogP contribution in [0.3, 0.4) is 0 Å². The number of nitrogens with zero attached hydrogens (tertiary/aromatic N) is 3. The van der Waals surface area contributed by atoms with Crippen LogP contribution in [0.15, 0.2) is 30.3 Å². The molecule has 3 fully saturated rings. The fourth-order valence-electron chi connectivity index (χ4n) is 4.93. The maximum absolute atomic E-state index is 13.6. The second kappa shape index (κ2) is 9.26. The summed E-state index contributed by atoms with van der Waals surface area (Å²) in [6.07, 6.45) is 3.67. The van der Waals surface area contributed by atoms with E-state index in [4.69, 9.17) is 4.74 Å². The third-order valence-corrected chi connectivity index (χ3v) is 6.71. The SMILES string of the molecule is CCC(=O)N1CCC2(CC1)C(=O)N(CC(=O)NCC1CCCO1)CN2c1ccccc1. The van der Waals surface area contributed by atoms with Crippen LogP contribution in [0.1, 0.15) is 39.0 Å². The van der Waals surface area contributed by atoms with E-state index < -0.39 is 5.54 Å². The summed E-state index contributed by atoms with van der Waals surface area (Å²) in [7, 11) is 0. The predicted molar refractivity (Wildman–Crippen MR) is 116 cm³/mol. The lowest BCUT2D eigenvalue weighted by molar-refractivity contribution is -0.139. The van der Waals surface area contributed by atoms with Gasteiger partial charge in [-0.25, -0.2) is 0 Å². The van der Waals surface area contributed by atoms with Gasteiger partial charge in [0, 0.05) is 38.3 Å². The summed E-state index contributed by atoms with van der Waals surface area (Å²) in [5, 5.41) is 2.92. The molecule has 31 heavy (non-hydrogen) atoms. The van der Waals surface area contributed by atoms with Crippen LogP contribution in [0.2, 0.25) is 0 Å². The van der Waals surface area contributed by atoms with Crippen molar-refractivity contribution in [1.82, 2.24) is 15.1 Å². The van der Waals surface area contributed by atoms with Gasteiger partial charge in [0.05, 0.1) is 12.8 Å². The molecule has 1 unspecified atom stereocenters. The minimum atomic E-state index is -0.708. The van der Waals surface area contributed by atoms with E-state index in [-0.39, 0.29) is 30.4 Å². The fourth-order valence-corrected chi connectivity index (χ4v) is 4.93. The number of rotatable bonds is 6. The Morgan fingerprint density at radius 3 is 2.58 bits per heavy atom. The Balaban J connectivity index is 1.47. The third-order valence-electron chi connectivity index (χ3n) is 6.71. The minimum absolute atomic E-state index is 0.0211. The zero-order valence-corrected chi connectivity index (χ0v) is 18.2.